The second kappa shape index (κ2) is 75.3. The van der Waals surface area contributed by atoms with Crippen LogP contribution < -0.4 is 0 Å². The van der Waals surface area contributed by atoms with E-state index in [2.05, 4.69) is 0 Å². The largest absolute Gasteiger partial charge is 0.400 e. The van der Waals surface area contributed by atoms with Gasteiger partial charge in [0.15, 0.2) is 0 Å². The van der Waals surface area contributed by atoms with Crippen molar-refractivity contribution in [3.05, 3.63) is 0 Å². The molecule has 0 aromatic carbocycles. The zero-order valence-electron chi connectivity index (χ0n) is 3.17. The van der Waals surface area contributed by atoms with Gasteiger partial charge in [0, 0.05) is 33.0 Å². The summed E-state index contributed by atoms with van der Waals surface area (Å²) >= 11 is 0. The molecular formula is CH7Cl3HfO. The molecule has 0 aromatic heterocycles. The molecule has 0 aliphatic heterocycles. The standard InChI is InChI=1S/CH4O.3ClH.Hf/c1-2;;;;/h2H,1H3;3*1H;. The summed E-state index contributed by atoms with van der Waals surface area (Å²) in [7, 11) is 1.00. The monoisotopic (exact) mass is 320 g/mol. The predicted molar refractivity (Wildman–Crippen MR) is 29.9 cm³/mol. The van der Waals surface area contributed by atoms with E-state index in [1.165, 1.54) is 0 Å². The molecule has 1 N–H and O–H groups in total. The molecule has 1 nitrogen and oxygen atoms in total. The van der Waals surface area contributed by atoms with E-state index in [-0.39, 0.29) is 63.1 Å². The van der Waals surface area contributed by atoms with Gasteiger partial charge in [-0.15, -0.1) is 37.2 Å². The minimum Gasteiger partial charge on any atom is -0.400 e. The van der Waals surface area contributed by atoms with Crippen LogP contribution in [0.25, 0.3) is 0 Å². The third kappa shape index (κ3) is 43.6. The molecule has 0 aliphatic rings. The molecule has 0 aromatic rings. The second-order valence-electron chi connectivity index (χ2n) is 0. The molecule has 5 heteroatoms. The van der Waals surface area contributed by atoms with Crippen LogP contribution in [0.1, 0.15) is 0 Å². The van der Waals surface area contributed by atoms with Gasteiger partial charge in [-0.3, -0.25) is 0 Å². The number of hydrogen-bond acceptors (Lipinski definition) is 1. The van der Waals surface area contributed by atoms with Gasteiger partial charge in [-0.25, -0.2) is 0 Å². The number of hydrogen-bond donors (Lipinski definition) is 1. The summed E-state index contributed by atoms with van der Waals surface area (Å²) in [5.41, 5.74) is 0. The summed E-state index contributed by atoms with van der Waals surface area (Å²) in [6.07, 6.45) is 0. The van der Waals surface area contributed by atoms with Gasteiger partial charge in [0.25, 0.3) is 0 Å². The minimum atomic E-state index is 0. The summed E-state index contributed by atoms with van der Waals surface area (Å²) in [5.74, 6) is 0. The molecule has 0 spiro atoms. The Morgan fingerprint density at radius 3 is 0.833 bits per heavy atom. The van der Waals surface area contributed by atoms with Gasteiger partial charge >= 0.3 is 0 Å². The van der Waals surface area contributed by atoms with Crippen molar-refractivity contribution in [1.82, 2.24) is 0 Å². The van der Waals surface area contributed by atoms with E-state index in [0.717, 1.165) is 7.11 Å². The Kier molecular flexibility index (Phi) is 595. The van der Waals surface area contributed by atoms with Crippen LogP contribution in [0.15, 0.2) is 0 Å². The van der Waals surface area contributed by atoms with Crippen molar-refractivity contribution in [2.75, 3.05) is 7.11 Å². The van der Waals surface area contributed by atoms with Crippen LogP contribution in [0.2, 0.25) is 0 Å². The smallest absolute Gasteiger partial charge is 0.0319 e. The number of rotatable bonds is 0. The number of aliphatic hydroxyl groups excluding tert-OH is 1. The van der Waals surface area contributed by atoms with E-state index < -0.39 is 0 Å². The molecule has 0 aliphatic carbocycles. The Hall–Kier alpha value is 1.70. The normalized spacial score (nSPS) is 1.00. The van der Waals surface area contributed by atoms with Gasteiger partial charge in [-0.2, -0.15) is 0 Å². The quantitative estimate of drug-likeness (QED) is 0.657. The zero-order chi connectivity index (χ0) is 2.00. The van der Waals surface area contributed by atoms with Crippen molar-refractivity contribution in [2.45, 2.75) is 0 Å². The van der Waals surface area contributed by atoms with Gasteiger partial charge in [0.2, 0.25) is 0 Å². The van der Waals surface area contributed by atoms with Crippen LogP contribution in [0, 0.1) is 0 Å². The van der Waals surface area contributed by atoms with Gasteiger partial charge in [0.05, 0.1) is 0 Å². The molecule has 42 valence electrons. The SMILES string of the molecule is CO.Cl.Cl.Cl.[Hf]. The maximum atomic E-state index is 7.00. The minimum absolute atomic E-state index is 0. The summed E-state index contributed by atoms with van der Waals surface area (Å²) in [5, 5.41) is 7.00. The molecule has 0 bridgehead atoms. The van der Waals surface area contributed by atoms with Gasteiger partial charge in [0.1, 0.15) is 0 Å². The average molecular weight is 320 g/mol. The summed E-state index contributed by atoms with van der Waals surface area (Å²) in [6, 6.07) is 0. The van der Waals surface area contributed by atoms with E-state index in [1.807, 2.05) is 0 Å². The van der Waals surface area contributed by atoms with Crippen molar-refractivity contribution < 1.29 is 30.9 Å². The molecule has 0 fully saturated rings. The summed E-state index contributed by atoms with van der Waals surface area (Å²) in [6.45, 7) is 0. The van der Waals surface area contributed by atoms with E-state index >= 15 is 0 Å². The van der Waals surface area contributed by atoms with Crippen LogP contribution in [0.5, 0.6) is 0 Å². The Morgan fingerprint density at radius 2 is 0.833 bits per heavy atom. The molecule has 0 amide bonds. The third-order valence-corrected chi connectivity index (χ3v) is 0. The summed E-state index contributed by atoms with van der Waals surface area (Å²) < 4.78 is 0. The first kappa shape index (κ1) is 47.4. The van der Waals surface area contributed by atoms with Gasteiger partial charge in [-0.1, -0.05) is 0 Å². The van der Waals surface area contributed by atoms with Crippen molar-refractivity contribution >= 4 is 37.2 Å². The maximum Gasteiger partial charge on any atom is 0.0319 e. The van der Waals surface area contributed by atoms with E-state index in [1.54, 1.807) is 0 Å². The first-order chi connectivity index (χ1) is 1.00. The van der Waals surface area contributed by atoms with Gasteiger partial charge in [-0.05, 0) is 0 Å². The van der Waals surface area contributed by atoms with Crippen LogP contribution in [0.3, 0.4) is 0 Å². The van der Waals surface area contributed by atoms with Crippen LogP contribution in [0.4, 0.5) is 0 Å². The molecule has 0 radical (unpaired) electrons. The molecule has 0 saturated heterocycles. The van der Waals surface area contributed by atoms with Crippen molar-refractivity contribution in [3.63, 3.8) is 0 Å². The molecular weight excluding hydrogens is 313 g/mol. The first-order valence-corrected chi connectivity index (χ1v) is 0.447. The molecule has 0 heterocycles. The fraction of sp³-hybridized carbons (Fsp3) is 1.00. The van der Waals surface area contributed by atoms with Crippen LogP contribution >= 0.6 is 37.2 Å². The molecule has 0 atom stereocenters. The second-order valence-corrected chi connectivity index (χ2v) is 0. The van der Waals surface area contributed by atoms with E-state index in [0.29, 0.717) is 0 Å². The number of halogens is 3. The van der Waals surface area contributed by atoms with E-state index in [4.69, 9.17) is 5.11 Å². The Bertz CT molecular complexity index is 10.8. The van der Waals surface area contributed by atoms with Crippen LogP contribution in [-0.4, -0.2) is 12.2 Å². The fourth-order valence-corrected chi connectivity index (χ4v) is 0. The van der Waals surface area contributed by atoms with Gasteiger partial charge < -0.3 is 5.11 Å². The van der Waals surface area contributed by atoms with Crippen molar-refractivity contribution in [3.8, 4) is 0 Å². The van der Waals surface area contributed by atoms with Crippen molar-refractivity contribution in [1.29, 1.82) is 0 Å². The predicted octanol–water partition coefficient (Wildman–Crippen LogP) is 0.871. The zero-order valence-corrected chi connectivity index (χ0v) is 9.21. The topological polar surface area (TPSA) is 20.2 Å². The molecule has 0 rings (SSSR count). The molecule has 6 heavy (non-hydrogen) atoms. The average Bonchev–Trinajstić information content (AvgIpc) is 1.00. The third-order valence-electron chi connectivity index (χ3n) is 0. The fourth-order valence-electron chi connectivity index (χ4n) is 0. The van der Waals surface area contributed by atoms with Crippen LogP contribution in [-0.2, 0) is 25.8 Å². The Balaban J connectivity index is -0.000000000833. The molecule has 0 saturated carbocycles. The van der Waals surface area contributed by atoms with Crippen molar-refractivity contribution in [2.24, 2.45) is 0 Å². The first-order valence-electron chi connectivity index (χ1n) is 0.447. The summed E-state index contributed by atoms with van der Waals surface area (Å²) in [4.78, 5) is 0. The maximum absolute atomic E-state index is 7.00. The Morgan fingerprint density at radius 1 is 0.833 bits per heavy atom. The molecule has 0 unspecified atom stereocenters. The van der Waals surface area contributed by atoms with E-state index in [9.17, 15) is 0 Å². The Labute approximate surface area is 74.9 Å². The number of aliphatic hydroxyl groups is 1.